The summed E-state index contributed by atoms with van der Waals surface area (Å²) in [4.78, 5) is 27.5. The Kier molecular flexibility index (Phi) is 3.80. The Morgan fingerprint density at radius 2 is 2.09 bits per heavy atom. The molecule has 23 heavy (non-hydrogen) atoms. The minimum absolute atomic E-state index is 0.212. The molecular weight excluding hydrogens is 312 g/mol. The highest BCUT2D eigenvalue weighted by molar-refractivity contribution is 7.19. The van der Waals surface area contributed by atoms with Crippen molar-refractivity contribution < 1.29 is 9.53 Å². The molecule has 122 valence electrons. The molecule has 2 aromatic rings. The number of anilines is 1. The topological polar surface area (TPSA) is 58.6 Å². The van der Waals surface area contributed by atoms with Crippen LogP contribution in [0.5, 0.6) is 0 Å². The van der Waals surface area contributed by atoms with Gasteiger partial charge in [0.1, 0.15) is 17.0 Å². The minimum atomic E-state index is -0.212. The number of hydrogen-bond donors (Lipinski definition) is 0. The molecule has 3 heterocycles. The van der Waals surface area contributed by atoms with Gasteiger partial charge in [-0.05, 0) is 31.7 Å². The van der Waals surface area contributed by atoms with Gasteiger partial charge in [0.25, 0.3) is 0 Å². The van der Waals surface area contributed by atoms with Crippen molar-refractivity contribution in [3.05, 3.63) is 16.8 Å². The van der Waals surface area contributed by atoms with Crippen molar-refractivity contribution in [2.24, 2.45) is 0 Å². The van der Waals surface area contributed by atoms with Crippen LogP contribution in [0.4, 0.5) is 10.6 Å². The molecule has 0 bridgehead atoms. The molecular formula is C16H20N4O2S. The third kappa shape index (κ3) is 2.52. The first kappa shape index (κ1) is 14.7. The number of fused-ring (bicyclic) bond motifs is 3. The zero-order chi connectivity index (χ0) is 15.8. The fourth-order valence-corrected chi connectivity index (χ4v) is 4.69. The average Bonchev–Trinajstić information content (AvgIpc) is 3.15. The maximum atomic E-state index is 11.8. The van der Waals surface area contributed by atoms with E-state index in [1.54, 1.807) is 11.2 Å². The van der Waals surface area contributed by atoms with Crippen molar-refractivity contribution in [3.8, 4) is 0 Å². The summed E-state index contributed by atoms with van der Waals surface area (Å²) in [6.45, 7) is 5.19. The molecule has 0 saturated carbocycles. The first-order valence-electron chi connectivity index (χ1n) is 8.20. The lowest BCUT2D eigenvalue weighted by atomic mass is 10.1. The van der Waals surface area contributed by atoms with E-state index in [2.05, 4.69) is 14.9 Å². The van der Waals surface area contributed by atoms with E-state index in [9.17, 15) is 4.79 Å². The summed E-state index contributed by atoms with van der Waals surface area (Å²) in [6, 6.07) is 0. The number of hydrogen-bond acceptors (Lipinski definition) is 6. The lowest BCUT2D eigenvalue weighted by Gasteiger charge is -2.35. The van der Waals surface area contributed by atoms with Gasteiger partial charge in [-0.25, -0.2) is 14.8 Å². The van der Waals surface area contributed by atoms with E-state index >= 15 is 0 Å². The number of thiophene rings is 1. The second kappa shape index (κ2) is 5.96. The number of aromatic nitrogens is 2. The smallest absolute Gasteiger partial charge is 0.409 e. The fraction of sp³-hybridized carbons (Fsp3) is 0.562. The molecule has 1 saturated heterocycles. The fourth-order valence-electron chi connectivity index (χ4n) is 3.47. The Morgan fingerprint density at radius 1 is 1.26 bits per heavy atom. The van der Waals surface area contributed by atoms with E-state index in [0.717, 1.165) is 30.2 Å². The number of piperazine rings is 1. The average molecular weight is 332 g/mol. The molecule has 0 radical (unpaired) electrons. The predicted octanol–water partition coefficient (Wildman–Crippen LogP) is 2.46. The van der Waals surface area contributed by atoms with E-state index < -0.39 is 0 Å². The van der Waals surface area contributed by atoms with Crippen LogP contribution in [0.25, 0.3) is 10.2 Å². The van der Waals surface area contributed by atoms with Crippen LogP contribution in [0, 0.1) is 0 Å². The largest absolute Gasteiger partial charge is 0.450 e. The molecule has 6 nitrogen and oxygen atoms in total. The first-order valence-corrected chi connectivity index (χ1v) is 9.01. The highest BCUT2D eigenvalue weighted by Crippen LogP contribution is 2.40. The second-order valence-electron chi connectivity index (χ2n) is 5.91. The summed E-state index contributed by atoms with van der Waals surface area (Å²) >= 11 is 1.81. The Morgan fingerprint density at radius 3 is 2.87 bits per heavy atom. The maximum Gasteiger partial charge on any atom is 0.409 e. The van der Waals surface area contributed by atoms with E-state index in [4.69, 9.17) is 4.74 Å². The lowest BCUT2D eigenvalue weighted by molar-refractivity contribution is 0.105. The highest BCUT2D eigenvalue weighted by atomic mass is 32.1. The zero-order valence-electron chi connectivity index (χ0n) is 13.2. The lowest BCUT2D eigenvalue weighted by Crippen LogP contribution is -2.49. The van der Waals surface area contributed by atoms with Crippen LogP contribution in [0.2, 0.25) is 0 Å². The molecule has 1 aliphatic carbocycles. The van der Waals surface area contributed by atoms with Crippen molar-refractivity contribution in [2.45, 2.75) is 26.2 Å². The maximum absolute atomic E-state index is 11.8. The number of nitrogens with zero attached hydrogens (tertiary/aromatic N) is 4. The molecule has 0 aromatic carbocycles. The summed E-state index contributed by atoms with van der Waals surface area (Å²) < 4.78 is 5.09. The number of carbonyl (C=O) groups excluding carboxylic acids is 1. The normalized spacial score (nSPS) is 17.6. The molecule has 0 N–H and O–H groups in total. The molecule has 1 amide bonds. The molecule has 2 aliphatic rings. The highest BCUT2D eigenvalue weighted by Gasteiger charge is 2.27. The van der Waals surface area contributed by atoms with Gasteiger partial charge in [-0.1, -0.05) is 0 Å². The third-order valence-electron chi connectivity index (χ3n) is 4.59. The molecule has 1 fully saturated rings. The summed E-state index contributed by atoms with van der Waals surface area (Å²) in [7, 11) is 0. The Labute approximate surface area is 139 Å². The molecule has 1 aliphatic heterocycles. The first-order chi connectivity index (χ1) is 11.3. The molecule has 4 rings (SSSR count). The number of amides is 1. The van der Waals surface area contributed by atoms with Crippen molar-refractivity contribution in [2.75, 3.05) is 37.7 Å². The monoisotopic (exact) mass is 332 g/mol. The number of aryl methyl sites for hydroxylation is 2. The molecule has 2 aromatic heterocycles. The van der Waals surface area contributed by atoms with Crippen molar-refractivity contribution in [1.29, 1.82) is 0 Å². The molecule has 0 spiro atoms. The van der Waals surface area contributed by atoms with Gasteiger partial charge in [-0.3, -0.25) is 0 Å². The standard InChI is InChI=1S/C16H20N4O2S/c1-2-22-16(21)20-8-6-19(7-9-20)14-13-11-4-3-5-12(11)23-15(13)18-10-17-14/h10H,2-9H2,1H3. The van der Waals surface area contributed by atoms with Gasteiger partial charge in [0.2, 0.25) is 0 Å². The van der Waals surface area contributed by atoms with Crippen LogP contribution >= 0.6 is 11.3 Å². The van der Waals surface area contributed by atoms with Gasteiger partial charge in [0, 0.05) is 31.1 Å². The van der Waals surface area contributed by atoms with Crippen molar-refractivity contribution in [1.82, 2.24) is 14.9 Å². The van der Waals surface area contributed by atoms with Crippen LogP contribution in [-0.2, 0) is 17.6 Å². The van der Waals surface area contributed by atoms with Crippen LogP contribution in [0.15, 0.2) is 6.33 Å². The number of carbonyl (C=O) groups is 1. The Balaban J connectivity index is 1.58. The summed E-state index contributed by atoms with van der Waals surface area (Å²) in [5, 5.41) is 1.24. The van der Waals surface area contributed by atoms with E-state index in [-0.39, 0.29) is 6.09 Å². The van der Waals surface area contributed by atoms with Gasteiger partial charge in [0.15, 0.2) is 0 Å². The Bertz CT molecular complexity index is 737. The number of rotatable bonds is 2. The van der Waals surface area contributed by atoms with Crippen LogP contribution in [0.3, 0.4) is 0 Å². The van der Waals surface area contributed by atoms with E-state index in [1.807, 2.05) is 18.3 Å². The van der Waals surface area contributed by atoms with Crippen LogP contribution < -0.4 is 4.90 Å². The van der Waals surface area contributed by atoms with Gasteiger partial charge in [-0.15, -0.1) is 11.3 Å². The molecule has 0 atom stereocenters. The van der Waals surface area contributed by atoms with Gasteiger partial charge >= 0.3 is 6.09 Å². The van der Waals surface area contributed by atoms with Crippen LogP contribution in [-0.4, -0.2) is 53.7 Å². The molecule has 7 heteroatoms. The molecule has 0 unspecified atom stereocenters. The quantitative estimate of drug-likeness (QED) is 0.845. The predicted molar refractivity (Wildman–Crippen MR) is 90.2 cm³/mol. The summed E-state index contributed by atoms with van der Waals surface area (Å²) in [5.74, 6) is 1.04. The van der Waals surface area contributed by atoms with E-state index in [0.29, 0.717) is 19.7 Å². The van der Waals surface area contributed by atoms with Crippen molar-refractivity contribution in [3.63, 3.8) is 0 Å². The summed E-state index contributed by atoms with van der Waals surface area (Å²) in [5.41, 5.74) is 1.45. The van der Waals surface area contributed by atoms with Gasteiger partial charge < -0.3 is 14.5 Å². The zero-order valence-corrected chi connectivity index (χ0v) is 14.1. The van der Waals surface area contributed by atoms with E-state index in [1.165, 1.54) is 28.7 Å². The number of ether oxygens (including phenoxy) is 1. The minimum Gasteiger partial charge on any atom is -0.450 e. The Hall–Kier alpha value is -1.89. The van der Waals surface area contributed by atoms with Crippen LogP contribution in [0.1, 0.15) is 23.8 Å². The van der Waals surface area contributed by atoms with Gasteiger partial charge in [0.05, 0.1) is 12.0 Å². The SMILES string of the molecule is CCOC(=O)N1CCN(c2ncnc3sc4c(c23)CCC4)CC1. The second-order valence-corrected chi connectivity index (χ2v) is 6.99. The van der Waals surface area contributed by atoms with Crippen molar-refractivity contribution >= 4 is 33.5 Å². The third-order valence-corrected chi connectivity index (χ3v) is 5.79. The summed E-state index contributed by atoms with van der Waals surface area (Å²) in [6.07, 6.45) is 5.00. The van der Waals surface area contributed by atoms with Gasteiger partial charge in [-0.2, -0.15) is 0 Å².